The Labute approximate surface area is 186 Å². The number of carboxylic acids is 1. The normalized spacial score (nSPS) is 14.1. The average Bonchev–Trinajstić information content (AvgIpc) is 3.41. The molecule has 3 aromatic rings. The molecular weight excluding hydrogens is 440 g/mol. The van der Waals surface area contributed by atoms with E-state index in [9.17, 15) is 14.4 Å². The Hall–Kier alpha value is -4.01. The van der Waals surface area contributed by atoms with Crippen molar-refractivity contribution in [2.45, 2.75) is 18.9 Å². The van der Waals surface area contributed by atoms with Gasteiger partial charge in [-0.25, -0.2) is 23.9 Å². The van der Waals surface area contributed by atoms with Gasteiger partial charge in [-0.15, -0.1) is 0 Å². The number of fused-ring (bicyclic) bond motifs is 2. The molecule has 0 unspecified atom stereocenters. The Bertz CT molecular complexity index is 1270. The molecule has 2 heterocycles. The molecule has 32 heavy (non-hydrogen) atoms. The van der Waals surface area contributed by atoms with Gasteiger partial charge in [-0.3, -0.25) is 4.79 Å². The highest BCUT2D eigenvalue weighted by Gasteiger charge is 2.22. The zero-order chi connectivity index (χ0) is 23.4. The third kappa shape index (κ3) is 4.36. The first kappa shape index (κ1) is 22.7. The molecule has 1 aliphatic carbocycles. The van der Waals surface area contributed by atoms with E-state index in [-0.39, 0.29) is 22.9 Å². The minimum Gasteiger partial charge on any atom is -0.477 e. The summed E-state index contributed by atoms with van der Waals surface area (Å²) in [4.78, 5) is 40.2. The van der Waals surface area contributed by atoms with Gasteiger partial charge >= 0.3 is 11.9 Å². The monoisotopic (exact) mass is 456 g/mol. The smallest absolute Gasteiger partial charge is 0.356 e. The van der Waals surface area contributed by atoms with E-state index in [1.807, 2.05) is 18.2 Å². The summed E-state index contributed by atoms with van der Waals surface area (Å²) in [6, 6.07) is 9.16. The molecule has 0 aliphatic heterocycles. The number of methoxy groups -OCH3 is 1. The minimum absolute atomic E-state index is 0.0896. The maximum absolute atomic E-state index is 11.6. The second kappa shape index (κ2) is 9.42. The number of ether oxygens (including phenoxy) is 1. The predicted molar refractivity (Wildman–Crippen MR) is 111 cm³/mol. The molecular formula is C20H17ClN6O5. The lowest BCUT2D eigenvalue weighted by Crippen LogP contribution is -2.16. The van der Waals surface area contributed by atoms with Gasteiger partial charge in [0.2, 0.25) is 0 Å². The van der Waals surface area contributed by atoms with Gasteiger partial charge in [0.25, 0.3) is 5.91 Å². The summed E-state index contributed by atoms with van der Waals surface area (Å²) < 4.78 is 5.51. The lowest BCUT2D eigenvalue weighted by molar-refractivity contribution is 0.0590. The first-order valence-corrected chi connectivity index (χ1v) is 9.57. The van der Waals surface area contributed by atoms with Crippen LogP contribution in [0.5, 0.6) is 0 Å². The number of aromatic nitrogens is 3. The Balaban J connectivity index is 0.000000193. The summed E-state index contributed by atoms with van der Waals surface area (Å²) in [5.41, 5.74) is 7.52. The molecule has 1 amide bonds. The topological polar surface area (TPSA) is 173 Å². The van der Waals surface area contributed by atoms with Gasteiger partial charge in [0.1, 0.15) is 5.56 Å². The van der Waals surface area contributed by atoms with E-state index in [1.54, 1.807) is 0 Å². The van der Waals surface area contributed by atoms with Crippen molar-refractivity contribution in [1.29, 1.82) is 5.26 Å². The third-order valence-corrected chi connectivity index (χ3v) is 5.10. The summed E-state index contributed by atoms with van der Waals surface area (Å²) in [7, 11) is 1.13. The maximum atomic E-state index is 11.6. The number of nitrogens with one attached hydrogen (secondary N) is 1. The van der Waals surface area contributed by atoms with Crippen LogP contribution in [0.25, 0.3) is 5.65 Å². The minimum atomic E-state index is -1.36. The second-order valence-electron chi connectivity index (χ2n) is 6.71. The van der Waals surface area contributed by atoms with Gasteiger partial charge < -0.3 is 15.6 Å². The van der Waals surface area contributed by atoms with E-state index >= 15 is 0 Å². The summed E-state index contributed by atoms with van der Waals surface area (Å²) >= 11 is 5.59. The number of benzene rings is 1. The molecule has 2 aromatic heterocycles. The van der Waals surface area contributed by atoms with Gasteiger partial charge in [-0.1, -0.05) is 6.07 Å². The van der Waals surface area contributed by atoms with Crippen LogP contribution < -0.4 is 10.6 Å². The molecule has 164 valence electrons. The molecule has 0 saturated heterocycles. The van der Waals surface area contributed by atoms with Crippen LogP contribution in [0.2, 0.25) is 0 Å². The van der Waals surface area contributed by atoms with E-state index in [0.717, 1.165) is 42.3 Å². The third-order valence-electron chi connectivity index (χ3n) is 4.83. The molecule has 1 aromatic carbocycles. The summed E-state index contributed by atoms with van der Waals surface area (Å²) in [5, 5.41) is 21.4. The van der Waals surface area contributed by atoms with Crippen LogP contribution in [-0.4, -0.2) is 44.7 Å². The van der Waals surface area contributed by atoms with Crippen molar-refractivity contribution < 1.29 is 24.2 Å². The van der Waals surface area contributed by atoms with E-state index in [0.29, 0.717) is 0 Å². The lowest BCUT2D eigenvalue weighted by atomic mass is 10.1. The molecule has 1 atom stereocenters. The molecule has 0 spiro atoms. The van der Waals surface area contributed by atoms with Crippen molar-refractivity contribution in [3.05, 3.63) is 64.1 Å². The highest BCUT2D eigenvalue weighted by atomic mass is 35.5. The summed E-state index contributed by atoms with van der Waals surface area (Å²) in [5.74, 6) is -3.00. The Kier molecular flexibility index (Phi) is 6.67. The molecule has 11 nitrogen and oxygen atoms in total. The first-order chi connectivity index (χ1) is 15.3. The number of primary amides is 1. The highest BCUT2D eigenvalue weighted by molar-refractivity contribution is 6.13. The molecule has 0 saturated carbocycles. The van der Waals surface area contributed by atoms with Gasteiger partial charge in [-0.2, -0.15) is 10.4 Å². The number of nitriles is 1. The fraction of sp³-hybridized carbons (Fsp3) is 0.200. The van der Waals surface area contributed by atoms with Crippen LogP contribution in [0.3, 0.4) is 0 Å². The van der Waals surface area contributed by atoms with Crippen molar-refractivity contribution in [3.63, 3.8) is 0 Å². The van der Waals surface area contributed by atoms with Crippen LogP contribution in [0.1, 0.15) is 60.5 Å². The van der Waals surface area contributed by atoms with Crippen molar-refractivity contribution in [2.75, 3.05) is 7.11 Å². The molecule has 0 radical (unpaired) electrons. The Morgan fingerprint density at radius 3 is 2.72 bits per heavy atom. The van der Waals surface area contributed by atoms with Crippen molar-refractivity contribution >= 4 is 35.3 Å². The number of amides is 1. The molecule has 1 aliphatic rings. The quantitative estimate of drug-likeness (QED) is 0.389. The maximum Gasteiger partial charge on any atom is 0.356 e. The lowest BCUT2D eigenvalue weighted by Gasteiger charge is -2.07. The van der Waals surface area contributed by atoms with Crippen LogP contribution in [0.15, 0.2) is 30.5 Å². The Morgan fingerprint density at radius 2 is 2.12 bits per heavy atom. The number of carboxylic acid groups (broad SMARTS) is 1. The van der Waals surface area contributed by atoms with Gasteiger partial charge in [0, 0.05) is 12.1 Å². The number of aromatic carboxylic acids is 1. The number of carbonyl (C=O) groups is 3. The van der Waals surface area contributed by atoms with Crippen molar-refractivity contribution in [2.24, 2.45) is 5.73 Å². The standard InChI is InChI=1S/C10H9ClN2.C10H8N4O5/c11-13-10-4-2-8-5-7(6-12)1-3-9(8)10;1-19-10(18)6-2-5(9(16)17)13-8-4(7(11)15)3-12-14(6)8/h1,3,5,10,13H,2,4H2;2-3H,1H3,(H2,11,15)(H,16,17)/t10-;/m0./s1. The fourth-order valence-electron chi connectivity index (χ4n) is 3.30. The summed E-state index contributed by atoms with van der Waals surface area (Å²) in [6.45, 7) is 0. The molecule has 12 heteroatoms. The first-order valence-electron chi connectivity index (χ1n) is 9.20. The van der Waals surface area contributed by atoms with Crippen LogP contribution in [0.4, 0.5) is 0 Å². The highest BCUT2D eigenvalue weighted by Crippen LogP contribution is 2.31. The van der Waals surface area contributed by atoms with Gasteiger partial charge in [0.05, 0.1) is 24.9 Å². The van der Waals surface area contributed by atoms with Crippen LogP contribution in [0, 0.1) is 11.3 Å². The zero-order valence-corrected chi connectivity index (χ0v) is 17.5. The number of halogens is 1. The zero-order valence-electron chi connectivity index (χ0n) is 16.7. The summed E-state index contributed by atoms with van der Waals surface area (Å²) in [6.07, 6.45) is 3.13. The second-order valence-corrected chi connectivity index (χ2v) is 6.93. The van der Waals surface area contributed by atoms with Crippen LogP contribution in [-0.2, 0) is 11.2 Å². The average molecular weight is 457 g/mol. The predicted octanol–water partition coefficient (Wildman–Crippen LogP) is 1.60. The number of hydrogen-bond donors (Lipinski definition) is 3. The fourth-order valence-corrected chi connectivity index (χ4v) is 3.52. The molecule has 4 N–H and O–H groups in total. The number of nitrogens with zero attached hydrogens (tertiary/aromatic N) is 4. The molecule has 4 rings (SSSR count). The Morgan fingerprint density at radius 1 is 1.38 bits per heavy atom. The largest absolute Gasteiger partial charge is 0.477 e. The number of esters is 1. The number of nitrogens with two attached hydrogens (primary N) is 1. The van der Waals surface area contributed by atoms with E-state index in [4.69, 9.17) is 27.9 Å². The number of hydrogen-bond acceptors (Lipinski definition) is 8. The molecule has 0 bridgehead atoms. The van der Waals surface area contributed by atoms with E-state index in [2.05, 4.69) is 25.7 Å². The number of aryl methyl sites for hydroxylation is 1. The van der Waals surface area contributed by atoms with Crippen LogP contribution >= 0.6 is 11.8 Å². The van der Waals surface area contributed by atoms with Crippen molar-refractivity contribution in [1.82, 2.24) is 19.4 Å². The van der Waals surface area contributed by atoms with Crippen molar-refractivity contribution in [3.8, 4) is 6.07 Å². The van der Waals surface area contributed by atoms with E-state index < -0.39 is 23.5 Å². The molecule has 0 fully saturated rings. The number of carbonyl (C=O) groups excluding carboxylic acids is 2. The van der Waals surface area contributed by atoms with Gasteiger partial charge in [0.15, 0.2) is 17.0 Å². The van der Waals surface area contributed by atoms with E-state index in [1.165, 1.54) is 11.1 Å². The number of rotatable bonds is 4. The van der Waals surface area contributed by atoms with Gasteiger partial charge in [-0.05, 0) is 47.9 Å². The SMILES string of the molecule is COC(=O)c1cc(C(=O)O)nc2c(C(N)=O)cnn12.N#Cc1ccc2c(c1)CC[C@@H]2NCl.